The molecule has 2 aromatic heterocycles. The van der Waals surface area contributed by atoms with E-state index in [2.05, 4.69) is 15.5 Å². The van der Waals surface area contributed by atoms with Gasteiger partial charge in [-0.3, -0.25) is 9.59 Å². The Kier molecular flexibility index (Phi) is 7.46. The van der Waals surface area contributed by atoms with Crippen LogP contribution in [0.25, 0.3) is 0 Å². The van der Waals surface area contributed by atoms with Gasteiger partial charge < -0.3 is 14.7 Å². The van der Waals surface area contributed by atoms with E-state index in [9.17, 15) is 9.59 Å². The molecule has 0 saturated heterocycles. The molecule has 0 bridgehead atoms. The van der Waals surface area contributed by atoms with Gasteiger partial charge in [-0.1, -0.05) is 11.2 Å². The van der Waals surface area contributed by atoms with Crippen molar-refractivity contribution in [2.45, 2.75) is 38.5 Å². The van der Waals surface area contributed by atoms with Crippen molar-refractivity contribution in [3.05, 3.63) is 70.7 Å². The largest absolute Gasteiger partial charge is 0.361 e. The molecule has 31 heavy (non-hydrogen) atoms. The highest BCUT2D eigenvalue weighted by atomic mass is 32.2. The second-order valence-electron chi connectivity index (χ2n) is 6.96. The van der Waals surface area contributed by atoms with Crippen LogP contribution >= 0.6 is 11.8 Å². The summed E-state index contributed by atoms with van der Waals surface area (Å²) >= 11 is 1.46. The SMILES string of the molecule is CCN(CC)C(=O)c1cccc(NC(=O)c2cccnc2SCc2c(C)noc2C)c1. The minimum Gasteiger partial charge on any atom is -0.361 e. The maximum Gasteiger partial charge on any atom is 0.258 e. The first-order valence-electron chi connectivity index (χ1n) is 10.1. The standard InChI is InChI=1S/C23H26N4O3S/c1-5-27(6-2)23(29)17-9-7-10-18(13-17)25-21(28)19-11-8-12-24-22(19)31-14-20-15(3)26-30-16(20)4/h7-13H,5-6,14H2,1-4H3,(H,25,28). The van der Waals surface area contributed by atoms with E-state index in [-0.39, 0.29) is 11.8 Å². The lowest BCUT2D eigenvalue weighted by Gasteiger charge is -2.19. The van der Waals surface area contributed by atoms with E-state index in [0.29, 0.717) is 40.7 Å². The molecule has 2 amide bonds. The molecule has 0 spiro atoms. The third-order valence-corrected chi connectivity index (χ3v) is 6.00. The molecule has 2 heterocycles. The number of pyridine rings is 1. The summed E-state index contributed by atoms with van der Waals surface area (Å²) in [6.07, 6.45) is 1.66. The molecule has 0 unspecified atom stereocenters. The van der Waals surface area contributed by atoms with Crippen LogP contribution in [0.1, 0.15) is 51.6 Å². The van der Waals surface area contributed by atoms with E-state index in [1.54, 1.807) is 47.5 Å². The van der Waals surface area contributed by atoms with Crippen LogP contribution in [0.4, 0.5) is 5.69 Å². The number of hydrogen-bond acceptors (Lipinski definition) is 6. The summed E-state index contributed by atoms with van der Waals surface area (Å²) in [5.41, 5.74) is 3.42. The number of aromatic nitrogens is 2. The Morgan fingerprint density at radius 1 is 1.13 bits per heavy atom. The van der Waals surface area contributed by atoms with Gasteiger partial charge in [0, 0.05) is 41.9 Å². The number of carbonyl (C=O) groups excluding carboxylic acids is 2. The molecule has 0 fully saturated rings. The molecule has 1 N–H and O–H groups in total. The molecule has 0 aliphatic carbocycles. The topological polar surface area (TPSA) is 88.3 Å². The Morgan fingerprint density at radius 2 is 1.90 bits per heavy atom. The second kappa shape index (κ2) is 10.3. The van der Waals surface area contributed by atoms with E-state index in [0.717, 1.165) is 17.0 Å². The lowest BCUT2D eigenvalue weighted by molar-refractivity contribution is 0.0772. The average Bonchev–Trinajstić information content (AvgIpc) is 3.10. The minimum absolute atomic E-state index is 0.0572. The van der Waals surface area contributed by atoms with Gasteiger partial charge in [-0.25, -0.2) is 4.98 Å². The number of nitrogens with zero attached hydrogens (tertiary/aromatic N) is 3. The number of rotatable bonds is 8. The van der Waals surface area contributed by atoms with E-state index in [1.165, 1.54) is 11.8 Å². The fourth-order valence-corrected chi connectivity index (χ4v) is 4.29. The van der Waals surface area contributed by atoms with Crippen LogP contribution in [-0.2, 0) is 5.75 Å². The number of thioether (sulfide) groups is 1. The van der Waals surface area contributed by atoms with Gasteiger partial charge in [0.15, 0.2) is 0 Å². The first-order valence-corrected chi connectivity index (χ1v) is 11.1. The number of benzene rings is 1. The van der Waals surface area contributed by atoms with Gasteiger partial charge in [0.05, 0.1) is 11.3 Å². The van der Waals surface area contributed by atoms with Gasteiger partial charge in [0.2, 0.25) is 0 Å². The predicted molar refractivity (Wildman–Crippen MR) is 121 cm³/mol. The summed E-state index contributed by atoms with van der Waals surface area (Å²) in [4.78, 5) is 31.7. The fraction of sp³-hybridized carbons (Fsp3) is 0.304. The van der Waals surface area contributed by atoms with E-state index in [1.807, 2.05) is 27.7 Å². The Morgan fingerprint density at radius 3 is 2.58 bits per heavy atom. The Balaban J connectivity index is 1.76. The summed E-state index contributed by atoms with van der Waals surface area (Å²) in [5.74, 6) is 1.04. The normalized spacial score (nSPS) is 10.7. The molecule has 7 nitrogen and oxygen atoms in total. The molecule has 3 rings (SSSR count). The monoisotopic (exact) mass is 438 g/mol. The van der Waals surface area contributed by atoms with Gasteiger partial charge in [-0.15, -0.1) is 11.8 Å². The quantitative estimate of drug-likeness (QED) is 0.512. The van der Waals surface area contributed by atoms with E-state index >= 15 is 0 Å². The maximum atomic E-state index is 13.0. The maximum absolute atomic E-state index is 13.0. The highest BCUT2D eigenvalue weighted by Crippen LogP contribution is 2.27. The molecular formula is C23H26N4O3S. The smallest absolute Gasteiger partial charge is 0.258 e. The fourth-order valence-electron chi connectivity index (χ4n) is 3.15. The molecule has 0 saturated carbocycles. The summed E-state index contributed by atoms with van der Waals surface area (Å²) in [7, 11) is 0. The Labute approximate surface area is 186 Å². The van der Waals surface area contributed by atoms with Crippen LogP contribution in [-0.4, -0.2) is 39.9 Å². The van der Waals surface area contributed by atoms with Crippen LogP contribution in [0.3, 0.4) is 0 Å². The predicted octanol–water partition coefficient (Wildman–Crippen LogP) is 4.71. The van der Waals surface area contributed by atoms with Crippen molar-refractivity contribution in [2.75, 3.05) is 18.4 Å². The summed E-state index contributed by atoms with van der Waals surface area (Å²) < 4.78 is 5.21. The van der Waals surface area contributed by atoms with Crippen LogP contribution in [0, 0.1) is 13.8 Å². The summed E-state index contributed by atoms with van der Waals surface area (Å²) in [5, 5.41) is 7.48. The number of carbonyl (C=O) groups is 2. The lowest BCUT2D eigenvalue weighted by Crippen LogP contribution is -2.30. The zero-order chi connectivity index (χ0) is 22.4. The minimum atomic E-state index is -0.276. The van der Waals surface area contributed by atoms with Crippen molar-refractivity contribution in [3.63, 3.8) is 0 Å². The first kappa shape index (κ1) is 22.6. The number of hydrogen-bond donors (Lipinski definition) is 1. The third-order valence-electron chi connectivity index (χ3n) is 4.97. The number of anilines is 1. The molecule has 162 valence electrons. The average molecular weight is 439 g/mol. The molecule has 0 radical (unpaired) electrons. The lowest BCUT2D eigenvalue weighted by atomic mass is 10.1. The van der Waals surface area contributed by atoms with Crippen molar-refractivity contribution < 1.29 is 14.1 Å². The highest BCUT2D eigenvalue weighted by Gasteiger charge is 2.17. The Hall–Kier alpha value is -3.13. The van der Waals surface area contributed by atoms with Crippen LogP contribution in [0.2, 0.25) is 0 Å². The zero-order valence-electron chi connectivity index (χ0n) is 18.1. The van der Waals surface area contributed by atoms with Crippen molar-refractivity contribution in [3.8, 4) is 0 Å². The van der Waals surface area contributed by atoms with Crippen LogP contribution in [0.15, 0.2) is 52.1 Å². The number of amides is 2. The Bertz CT molecular complexity index is 1060. The summed E-state index contributed by atoms with van der Waals surface area (Å²) in [6.45, 7) is 8.91. The van der Waals surface area contributed by atoms with Crippen molar-refractivity contribution in [1.29, 1.82) is 0 Å². The van der Waals surface area contributed by atoms with Gasteiger partial charge in [-0.2, -0.15) is 0 Å². The third kappa shape index (κ3) is 5.32. The van der Waals surface area contributed by atoms with E-state index in [4.69, 9.17) is 4.52 Å². The van der Waals surface area contributed by atoms with Crippen LogP contribution in [0.5, 0.6) is 0 Å². The molecule has 0 aliphatic heterocycles. The van der Waals surface area contributed by atoms with Gasteiger partial charge in [0.25, 0.3) is 11.8 Å². The summed E-state index contributed by atoms with van der Waals surface area (Å²) in [6, 6.07) is 10.5. The number of nitrogens with one attached hydrogen (secondary N) is 1. The van der Waals surface area contributed by atoms with Crippen molar-refractivity contribution in [2.24, 2.45) is 0 Å². The van der Waals surface area contributed by atoms with Gasteiger partial charge in [0.1, 0.15) is 10.8 Å². The van der Waals surface area contributed by atoms with Gasteiger partial charge >= 0.3 is 0 Å². The second-order valence-corrected chi connectivity index (χ2v) is 7.92. The molecule has 0 aliphatic rings. The molecule has 1 aromatic carbocycles. The van der Waals surface area contributed by atoms with Gasteiger partial charge in [-0.05, 0) is 58.0 Å². The van der Waals surface area contributed by atoms with Crippen molar-refractivity contribution >= 4 is 29.3 Å². The van der Waals surface area contributed by atoms with Crippen molar-refractivity contribution in [1.82, 2.24) is 15.0 Å². The molecule has 8 heteroatoms. The number of aryl methyl sites for hydroxylation is 2. The van der Waals surface area contributed by atoms with E-state index < -0.39 is 0 Å². The molecule has 0 atom stereocenters. The first-order chi connectivity index (χ1) is 14.9. The van der Waals surface area contributed by atoms with Crippen LogP contribution < -0.4 is 5.32 Å². The zero-order valence-corrected chi connectivity index (χ0v) is 19.0. The molecule has 3 aromatic rings. The molecular weight excluding hydrogens is 412 g/mol. The highest BCUT2D eigenvalue weighted by molar-refractivity contribution is 7.98.